The van der Waals surface area contributed by atoms with Crippen LogP contribution in [0.4, 0.5) is 4.79 Å². The number of benzene rings is 1. The van der Waals surface area contributed by atoms with Gasteiger partial charge < -0.3 is 14.4 Å². The number of hydrogen-bond donors (Lipinski definition) is 1. The Labute approximate surface area is 164 Å². The van der Waals surface area contributed by atoms with E-state index in [1.165, 1.54) is 4.90 Å². The van der Waals surface area contributed by atoms with Crippen LogP contribution in [-0.2, 0) is 11.2 Å². The molecule has 2 atom stereocenters. The van der Waals surface area contributed by atoms with Crippen LogP contribution in [0.3, 0.4) is 0 Å². The van der Waals surface area contributed by atoms with Gasteiger partial charge in [-0.25, -0.2) is 9.78 Å². The van der Waals surface area contributed by atoms with Crippen LogP contribution in [0.5, 0.6) is 11.5 Å². The normalized spacial score (nSPS) is 23.0. The number of imide groups is 1. The number of rotatable bonds is 1. The maximum atomic E-state index is 12.5. The van der Waals surface area contributed by atoms with Crippen molar-refractivity contribution in [3.8, 4) is 11.5 Å². The van der Waals surface area contributed by atoms with Gasteiger partial charge in [-0.15, -0.1) is 0 Å². The van der Waals surface area contributed by atoms with E-state index in [1.54, 1.807) is 12.1 Å². The molecule has 2 aromatic rings. The van der Waals surface area contributed by atoms with E-state index in [0.717, 1.165) is 11.1 Å². The number of nitrogens with zero attached hydrogens (tertiary/aromatic N) is 2. The summed E-state index contributed by atoms with van der Waals surface area (Å²) in [6.07, 6.45) is 0.395. The molecule has 0 aliphatic carbocycles. The first-order chi connectivity index (χ1) is 13.0. The zero-order valence-corrected chi connectivity index (χ0v) is 15.4. The fraction of sp³-hybridized carbons (Fsp3) is 0.278. The van der Waals surface area contributed by atoms with Crippen molar-refractivity contribution in [2.75, 3.05) is 13.2 Å². The Morgan fingerprint density at radius 1 is 1.04 bits per heavy atom. The van der Waals surface area contributed by atoms with Crippen molar-refractivity contribution < 1.29 is 19.1 Å². The molecule has 5 rings (SSSR count). The van der Waals surface area contributed by atoms with Crippen molar-refractivity contribution in [2.24, 2.45) is 0 Å². The minimum Gasteiger partial charge on any atom is -0.486 e. The van der Waals surface area contributed by atoms with Crippen molar-refractivity contribution in [1.29, 1.82) is 0 Å². The van der Waals surface area contributed by atoms with Crippen molar-refractivity contribution >= 4 is 35.1 Å². The zero-order valence-electron chi connectivity index (χ0n) is 13.9. The second-order valence-corrected chi connectivity index (χ2v) is 7.34. The highest BCUT2D eigenvalue weighted by molar-refractivity contribution is 6.32. The van der Waals surface area contributed by atoms with E-state index in [0.29, 0.717) is 36.7 Å². The summed E-state index contributed by atoms with van der Waals surface area (Å²) in [5, 5.41) is 2.82. The van der Waals surface area contributed by atoms with Gasteiger partial charge in [0, 0.05) is 6.42 Å². The molecule has 9 heteroatoms. The molecule has 0 spiro atoms. The van der Waals surface area contributed by atoms with Crippen LogP contribution in [0, 0.1) is 0 Å². The molecule has 1 aromatic carbocycles. The summed E-state index contributed by atoms with van der Waals surface area (Å²) < 4.78 is 11.4. The number of aromatic nitrogens is 1. The third kappa shape index (κ3) is 2.61. The number of urea groups is 1. The average Bonchev–Trinajstić information content (AvgIpc) is 2.91. The number of hydrogen-bond acceptors (Lipinski definition) is 5. The molecule has 4 heterocycles. The van der Waals surface area contributed by atoms with Crippen LogP contribution >= 0.6 is 23.2 Å². The Bertz CT molecular complexity index is 977. The van der Waals surface area contributed by atoms with E-state index in [1.807, 2.05) is 12.1 Å². The van der Waals surface area contributed by atoms with E-state index >= 15 is 0 Å². The van der Waals surface area contributed by atoms with Gasteiger partial charge >= 0.3 is 6.03 Å². The van der Waals surface area contributed by atoms with E-state index in [-0.39, 0.29) is 16.2 Å². The van der Waals surface area contributed by atoms with Gasteiger partial charge in [0.2, 0.25) is 0 Å². The van der Waals surface area contributed by atoms with E-state index in [4.69, 9.17) is 32.7 Å². The molecule has 7 nitrogen and oxygen atoms in total. The number of carbonyl (C=O) groups is 2. The summed E-state index contributed by atoms with van der Waals surface area (Å²) in [5.74, 6) is 0.931. The fourth-order valence-corrected chi connectivity index (χ4v) is 4.40. The molecular weight excluding hydrogens is 393 g/mol. The molecular formula is C18H13Cl2N3O4. The highest BCUT2D eigenvalue weighted by Gasteiger charge is 2.47. The zero-order chi connectivity index (χ0) is 18.7. The molecule has 0 bridgehead atoms. The molecule has 0 unspecified atom stereocenters. The smallest absolute Gasteiger partial charge is 0.325 e. The Morgan fingerprint density at radius 2 is 1.70 bits per heavy atom. The fourth-order valence-electron chi connectivity index (χ4n) is 3.93. The second-order valence-electron chi connectivity index (χ2n) is 6.56. The van der Waals surface area contributed by atoms with Crippen LogP contribution in [-0.4, -0.2) is 41.1 Å². The molecule has 3 amide bonds. The Morgan fingerprint density at radius 3 is 2.41 bits per heavy atom. The summed E-state index contributed by atoms with van der Waals surface area (Å²) in [6, 6.07) is 5.45. The molecule has 1 fully saturated rings. The van der Waals surface area contributed by atoms with Crippen molar-refractivity contribution in [3.05, 3.63) is 51.3 Å². The maximum Gasteiger partial charge on any atom is 0.325 e. The number of fused-ring (bicyclic) bond motifs is 3. The van der Waals surface area contributed by atoms with Gasteiger partial charge in [-0.1, -0.05) is 23.2 Å². The molecule has 0 saturated carbocycles. The molecule has 27 heavy (non-hydrogen) atoms. The first-order valence-corrected chi connectivity index (χ1v) is 9.15. The predicted octanol–water partition coefficient (Wildman–Crippen LogP) is 2.73. The first-order valence-electron chi connectivity index (χ1n) is 8.40. The standard InChI is InChI=1S/C18H13Cl2N3O4/c19-14-5-9(6-15(20)21-14)16-10-7-13-12(26-1-2-27-13)4-8(10)3-11-17(24)22-18(25)23(11)16/h4-7,11,16H,1-3H2,(H,22,24,25)/t11-,16+/m0/s1. The molecule has 0 radical (unpaired) electrons. The van der Waals surface area contributed by atoms with Gasteiger partial charge in [0.25, 0.3) is 5.91 Å². The Kier molecular flexibility index (Phi) is 3.70. The number of ether oxygens (including phenoxy) is 2. The third-order valence-corrected chi connectivity index (χ3v) is 5.38. The van der Waals surface area contributed by atoms with Gasteiger partial charge in [-0.05, 0) is 41.0 Å². The predicted molar refractivity (Wildman–Crippen MR) is 96.4 cm³/mol. The van der Waals surface area contributed by atoms with E-state index in [2.05, 4.69) is 10.3 Å². The largest absolute Gasteiger partial charge is 0.486 e. The minimum absolute atomic E-state index is 0.213. The number of carbonyl (C=O) groups excluding carboxylic acids is 2. The van der Waals surface area contributed by atoms with E-state index < -0.39 is 18.1 Å². The number of amides is 3. The topological polar surface area (TPSA) is 80.8 Å². The van der Waals surface area contributed by atoms with Gasteiger partial charge in [0.1, 0.15) is 29.6 Å². The lowest BCUT2D eigenvalue weighted by Gasteiger charge is -2.38. The molecule has 3 aliphatic heterocycles. The lowest BCUT2D eigenvalue weighted by molar-refractivity contribution is -0.121. The summed E-state index contributed by atoms with van der Waals surface area (Å²) in [5.41, 5.74) is 2.44. The minimum atomic E-state index is -0.608. The monoisotopic (exact) mass is 405 g/mol. The van der Waals surface area contributed by atoms with Crippen LogP contribution in [0.2, 0.25) is 10.3 Å². The van der Waals surface area contributed by atoms with Crippen LogP contribution < -0.4 is 14.8 Å². The third-order valence-electron chi connectivity index (χ3n) is 4.99. The highest BCUT2D eigenvalue weighted by atomic mass is 35.5. The quantitative estimate of drug-likeness (QED) is 0.582. The van der Waals surface area contributed by atoms with Crippen molar-refractivity contribution in [2.45, 2.75) is 18.5 Å². The van der Waals surface area contributed by atoms with Gasteiger partial charge in [0.05, 0.1) is 6.04 Å². The summed E-state index contributed by atoms with van der Waals surface area (Å²) in [6.45, 7) is 0.925. The van der Waals surface area contributed by atoms with Gasteiger partial charge in [0.15, 0.2) is 11.5 Å². The van der Waals surface area contributed by atoms with Crippen LogP contribution in [0.1, 0.15) is 22.7 Å². The number of halogens is 2. The SMILES string of the molecule is O=C1NC(=O)N2[C@H](c3cc(Cl)nc(Cl)c3)c3cc4c(cc3C[C@@H]12)OCCO4. The summed E-state index contributed by atoms with van der Waals surface area (Å²) in [4.78, 5) is 30.4. The maximum absolute atomic E-state index is 12.5. The van der Waals surface area contributed by atoms with Crippen molar-refractivity contribution in [1.82, 2.24) is 15.2 Å². The number of nitrogens with one attached hydrogen (secondary N) is 1. The molecule has 1 aromatic heterocycles. The Hall–Kier alpha value is -2.51. The molecule has 1 N–H and O–H groups in total. The first kappa shape index (κ1) is 16.6. The van der Waals surface area contributed by atoms with Crippen LogP contribution in [0.25, 0.3) is 0 Å². The average molecular weight is 406 g/mol. The lowest BCUT2D eigenvalue weighted by Crippen LogP contribution is -2.44. The summed E-state index contributed by atoms with van der Waals surface area (Å²) in [7, 11) is 0. The lowest BCUT2D eigenvalue weighted by atomic mass is 9.85. The highest BCUT2D eigenvalue weighted by Crippen LogP contribution is 2.45. The molecule has 3 aliphatic rings. The van der Waals surface area contributed by atoms with Crippen molar-refractivity contribution in [3.63, 3.8) is 0 Å². The molecule has 138 valence electrons. The molecule has 1 saturated heterocycles. The Balaban J connectivity index is 1.73. The van der Waals surface area contributed by atoms with Gasteiger partial charge in [-0.3, -0.25) is 10.1 Å². The van der Waals surface area contributed by atoms with E-state index in [9.17, 15) is 9.59 Å². The number of pyridine rings is 1. The second kappa shape index (κ2) is 6.00. The van der Waals surface area contributed by atoms with Crippen LogP contribution in [0.15, 0.2) is 24.3 Å². The summed E-state index contributed by atoms with van der Waals surface area (Å²) >= 11 is 12.2. The van der Waals surface area contributed by atoms with Gasteiger partial charge in [-0.2, -0.15) is 0 Å².